The number of ether oxygens (including phenoxy) is 2. The average Bonchev–Trinajstić information content (AvgIpc) is 2.94. The Morgan fingerprint density at radius 3 is 0.866 bits per heavy atom. The van der Waals surface area contributed by atoms with Gasteiger partial charge in [-0.2, -0.15) is 0 Å². The molecule has 0 rings (SSSR count). The lowest BCUT2D eigenvalue weighted by Gasteiger charge is -2.26. The minimum atomic E-state index is -2.96. The Kier molecular flexibility index (Phi) is 37.4. The fraction of sp³-hybridized carbons (Fsp3) is 0.943. The second-order valence-corrected chi connectivity index (χ2v) is 32.9. The van der Waals surface area contributed by atoms with Gasteiger partial charge >= 0.3 is 12.0 Å². The van der Waals surface area contributed by atoms with Gasteiger partial charge in [-0.25, -0.2) is 21.6 Å². The molecule has 0 heterocycles. The van der Waals surface area contributed by atoms with Crippen LogP contribution < -0.4 is 16.0 Å². The van der Waals surface area contributed by atoms with E-state index in [0.29, 0.717) is 12.2 Å². The number of carbonyl (C=O) groups excluding carboxylic acids is 3. The van der Waals surface area contributed by atoms with Crippen molar-refractivity contribution in [2.45, 2.75) is 249 Å². The van der Waals surface area contributed by atoms with Crippen LogP contribution in [0.2, 0.25) is 0 Å². The van der Waals surface area contributed by atoms with Crippen LogP contribution in [0.3, 0.4) is 0 Å². The van der Waals surface area contributed by atoms with E-state index in [1.54, 1.807) is 27.9 Å². The number of Topliss-reactive ketones (excluding diaryl/α,β-unsaturated/α-hetero) is 1. The quantitative estimate of drug-likeness (QED) is 0.217. The minimum absolute atomic E-state index is 0.116. The number of esters is 1. The molecular weight excluding hydrogens is 887 g/mol. The fourth-order valence-electron chi connectivity index (χ4n) is 4.05. The zero-order chi connectivity index (χ0) is 56.5. The van der Waals surface area contributed by atoms with Crippen molar-refractivity contribution in [2.75, 3.05) is 44.6 Å². The number of ketones is 1. The summed E-state index contributed by atoms with van der Waals surface area (Å²) >= 11 is 0. The normalized spacial score (nSPS) is 12.9. The number of methoxy groups -OCH3 is 1. The van der Waals surface area contributed by atoms with Crippen LogP contribution in [0, 0.1) is 32.5 Å². The maximum atomic E-state index is 11.7. The number of amides is 2. The van der Waals surface area contributed by atoms with Gasteiger partial charge in [0.05, 0.1) is 27.4 Å². The molecule has 14 heteroatoms. The van der Waals surface area contributed by atoms with Gasteiger partial charge in [-0.1, -0.05) is 111 Å². The standard InChI is InChI=1S/C10H22O2S.C10H20O.C9H20N2O.C9H20O2S.C9H18O2.C3H9N.C3H8O/c1-9(2,3)7-13(11,12)8-10(4,5)6;1-9(2,3)7-8(11)10(4,5)6;1-8(2,3)10-7(12)11-9(4,5)6;1-8(2,3)7-12(10,11)9(4,5)6;1-8(2,3)7(10)11-9(4,5)6;2*1-3-4-2/h7-8H2,1-6H3;7H2,1-6H3;1-6H3,(H2,10,11,12);7H2,1-6H3;1-6H3;4H,3H2,1-2H3;3H2,1-2H3. The van der Waals surface area contributed by atoms with Crippen molar-refractivity contribution in [2.24, 2.45) is 32.5 Å². The van der Waals surface area contributed by atoms with Crippen molar-refractivity contribution in [3.8, 4) is 0 Å². The van der Waals surface area contributed by atoms with Crippen molar-refractivity contribution in [3.63, 3.8) is 0 Å². The highest BCUT2D eigenvalue weighted by Gasteiger charge is 2.33. The van der Waals surface area contributed by atoms with Crippen molar-refractivity contribution >= 4 is 37.5 Å². The van der Waals surface area contributed by atoms with E-state index < -0.39 is 29.8 Å². The first kappa shape index (κ1) is 79.4. The van der Waals surface area contributed by atoms with Gasteiger partial charge in [0.25, 0.3) is 0 Å². The summed E-state index contributed by atoms with van der Waals surface area (Å²) in [5.41, 5.74) is -1.57. The molecule has 0 aliphatic heterocycles. The summed E-state index contributed by atoms with van der Waals surface area (Å²) in [5.74, 6) is 1.01. The highest BCUT2D eigenvalue weighted by Crippen LogP contribution is 2.27. The van der Waals surface area contributed by atoms with Crippen molar-refractivity contribution < 1.29 is 40.7 Å². The van der Waals surface area contributed by atoms with Crippen LogP contribution in [-0.2, 0) is 38.7 Å². The van der Waals surface area contributed by atoms with E-state index in [2.05, 4.69) is 48.4 Å². The molecule has 0 aliphatic carbocycles. The SMILES string of the molecule is CC(C)(C)CC(=O)C(C)(C)C.CC(C)(C)CS(=O)(=O)C(C)(C)C.CC(C)(C)CS(=O)(=O)CC(C)(C)C.CC(C)(C)NC(=O)NC(C)(C)C.CC(C)(C)OC(=O)C(C)(C)C.CCNC.CCOC. The molecule has 0 aliphatic rings. The molecule has 67 heavy (non-hydrogen) atoms. The molecule has 2 amide bonds. The van der Waals surface area contributed by atoms with Crippen LogP contribution in [0.5, 0.6) is 0 Å². The van der Waals surface area contributed by atoms with Crippen molar-refractivity contribution in [1.82, 2.24) is 16.0 Å². The predicted molar refractivity (Wildman–Crippen MR) is 293 cm³/mol. The van der Waals surface area contributed by atoms with E-state index in [0.717, 1.165) is 13.2 Å². The van der Waals surface area contributed by atoms with Gasteiger partial charge in [0.2, 0.25) is 0 Å². The maximum Gasteiger partial charge on any atom is 0.315 e. The summed E-state index contributed by atoms with van der Waals surface area (Å²) < 4.78 is 55.7. The second kappa shape index (κ2) is 31.5. The number of sulfone groups is 2. The molecular formula is C53H117N3O9S2. The van der Waals surface area contributed by atoms with Gasteiger partial charge in [0, 0.05) is 36.6 Å². The highest BCUT2D eigenvalue weighted by molar-refractivity contribution is 7.92. The Hall–Kier alpha value is -1.77. The molecule has 0 aromatic rings. The van der Waals surface area contributed by atoms with Gasteiger partial charge in [-0.3, -0.25) is 9.59 Å². The number of hydrogen-bond donors (Lipinski definition) is 3. The zero-order valence-corrected chi connectivity index (χ0v) is 52.4. The van der Waals surface area contributed by atoms with E-state index in [1.807, 2.05) is 180 Å². The van der Waals surface area contributed by atoms with Gasteiger partial charge in [-0.05, 0) is 146 Å². The van der Waals surface area contributed by atoms with Crippen LogP contribution >= 0.6 is 0 Å². The lowest BCUT2D eigenvalue weighted by Crippen LogP contribution is -2.52. The molecule has 0 aromatic carbocycles. The fourth-order valence-corrected chi connectivity index (χ4v) is 8.36. The first-order valence-electron chi connectivity index (χ1n) is 24.0. The molecule has 410 valence electrons. The predicted octanol–water partition coefficient (Wildman–Crippen LogP) is 12.9. The largest absolute Gasteiger partial charge is 0.460 e. The molecule has 3 N–H and O–H groups in total. The topological polar surface area (TPSA) is 174 Å². The van der Waals surface area contributed by atoms with E-state index in [9.17, 15) is 31.2 Å². The number of nitrogens with one attached hydrogen (secondary N) is 3. The lowest BCUT2D eigenvalue weighted by atomic mass is 9.80. The van der Waals surface area contributed by atoms with Crippen LogP contribution in [-0.4, -0.2) is 101 Å². The molecule has 0 aromatic heterocycles. The van der Waals surface area contributed by atoms with Gasteiger partial charge < -0.3 is 25.4 Å². The van der Waals surface area contributed by atoms with Gasteiger partial charge in [-0.15, -0.1) is 0 Å². The number of rotatable bonds is 6. The van der Waals surface area contributed by atoms with E-state index >= 15 is 0 Å². The summed E-state index contributed by atoms with van der Waals surface area (Å²) in [6, 6.07) is -0.116. The van der Waals surface area contributed by atoms with Crippen LogP contribution in [0.1, 0.15) is 228 Å². The summed E-state index contributed by atoms with van der Waals surface area (Å²) in [7, 11) is -2.24. The Labute approximate surface area is 418 Å². The van der Waals surface area contributed by atoms with E-state index in [-0.39, 0.29) is 73.0 Å². The van der Waals surface area contributed by atoms with E-state index in [1.165, 1.54) is 0 Å². The lowest BCUT2D eigenvalue weighted by molar-refractivity contribution is -0.164. The molecule has 0 saturated carbocycles. The average molecular weight is 1000 g/mol. The Bertz CT molecular complexity index is 1460. The minimum Gasteiger partial charge on any atom is -0.460 e. The molecule has 0 fully saturated rings. The van der Waals surface area contributed by atoms with Crippen molar-refractivity contribution in [3.05, 3.63) is 0 Å². The van der Waals surface area contributed by atoms with Gasteiger partial charge in [0.15, 0.2) is 19.7 Å². The number of hydrogen-bond acceptors (Lipinski definition) is 10. The Morgan fingerprint density at radius 1 is 0.478 bits per heavy atom. The smallest absolute Gasteiger partial charge is 0.315 e. The third-order valence-corrected chi connectivity index (χ3v) is 12.7. The van der Waals surface area contributed by atoms with Crippen molar-refractivity contribution in [1.29, 1.82) is 0 Å². The highest BCUT2D eigenvalue weighted by atomic mass is 32.2. The zero-order valence-electron chi connectivity index (χ0n) is 50.7. The molecule has 0 saturated heterocycles. The summed E-state index contributed by atoms with van der Waals surface area (Å²) in [5, 5.41) is 8.58. The Morgan fingerprint density at radius 2 is 0.761 bits per heavy atom. The number of urea groups is 1. The number of carbonyl (C=O) groups is 3. The molecule has 12 nitrogen and oxygen atoms in total. The van der Waals surface area contributed by atoms with Gasteiger partial charge in [0.1, 0.15) is 11.4 Å². The van der Waals surface area contributed by atoms with Crippen LogP contribution in [0.25, 0.3) is 0 Å². The summed E-state index contributed by atoms with van der Waals surface area (Å²) in [6.07, 6.45) is 0.677. The third kappa shape index (κ3) is 70.9. The molecule has 0 unspecified atom stereocenters. The first-order chi connectivity index (χ1) is 28.6. The first-order valence-corrected chi connectivity index (χ1v) is 27.5. The van der Waals surface area contributed by atoms with E-state index in [4.69, 9.17) is 4.74 Å². The van der Waals surface area contributed by atoms with Crippen LogP contribution in [0.15, 0.2) is 0 Å². The maximum absolute atomic E-state index is 11.7. The Balaban J connectivity index is -0.000000129. The molecule has 0 atom stereocenters. The van der Waals surface area contributed by atoms with Crippen LogP contribution in [0.4, 0.5) is 4.79 Å². The second-order valence-electron chi connectivity index (χ2n) is 28.1. The summed E-state index contributed by atoms with van der Waals surface area (Å²) in [6.45, 7) is 63.8. The third-order valence-electron chi connectivity index (χ3n) is 7.02. The summed E-state index contributed by atoms with van der Waals surface area (Å²) in [4.78, 5) is 34.0. The molecule has 0 radical (unpaired) electrons. The monoisotopic (exact) mass is 1000 g/mol. The molecule has 0 bridgehead atoms. The molecule has 0 spiro atoms.